The first-order valence-corrected chi connectivity index (χ1v) is 6.43. The van der Waals surface area contributed by atoms with Gasteiger partial charge in [-0.05, 0) is 17.2 Å². The first-order chi connectivity index (χ1) is 7.38. The summed E-state index contributed by atoms with van der Waals surface area (Å²) in [6.45, 7) is 3.42. The second kappa shape index (κ2) is 5.33. The minimum Gasteiger partial charge on any atom is -0.308 e. The van der Waals surface area contributed by atoms with E-state index in [-0.39, 0.29) is 0 Å². The maximum absolute atomic E-state index is 7.22. The van der Waals surface area contributed by atoms with E-state index >= 15 is 0 Å². The van der Waals surface area contributed by atoms with Crippen LogP contribution in [0.1, 0.15) is 11.1 Å². The van der Waals surface area contributed by atoms with Crippen LogP contribution in [0.2, 0.25) is 0 Å². The first kappa shape index (κ1) is 10.7. The molecule has 0 unspecified atom stereocenters. The molecule has 1 aromatic carbocycles. The molecule has 80 valence electrons. The van der Waals surface area contributed by atoms with Crippen molar-refractivity contribution in [1.82, 2.24) is 4.90 Å². The zero-order chi connectivity index (χ0) is 10.5. The second-order valence-corrected chi connectivity index (χ2v) is 5.00. The number of nitrogens with one attached hydrogen (secondary N) is 1. The average molecular weight is 220 g/mol. The Balaban J connectivity index is 1.99. The van der Waals surface area contributed by atoms with Gasteiger partial charge >= 0.3 is 0 Å². The highest BCUT2D eigenvalue weighted by Gasteiger charge is 2.10. The van der Waals surface area contributed by atoms with E-state index in [1.54, 1.807) is 0 Å². The van der Waals surface area contributed by atoms with E-state index in [2.05, 4.69) is 17.0 Å². The maximum Gasteiger partial charge on any atom is 0.0250 e. The van der Waals surface area contributed by atoms with Crippen molar-refractivity contribution in [2.75, 3.05) is 24.6 Å². The molecule has 1 heterocycles. The Hall–Kier alpha value is -0.800. The van der Waals surface area contributed by atoms with Gasteiger partial charge in [0.05, 0.1) is 0 Å². The molecule has 0 aromatic heterocycles. The lowest BCUT2D eigenvalue weighted by atomic mass is 10.1. The van der Waals surface area contributed by atoms with E-state index in [1.807, 2.05) is 23.9 Å². The van der Waals surface area contributed by atoms with E-state index < -0.39 is 0 Å². The van der Waals surface area contributed by atoms with Crippen molar-refractivity contribution in [3.05, 3.63) is 35.4 Å². The van der Waals surface area contributed by atoms with Crippen molar-refractivity contribution in [1.29, 1.82) is 5.41 Å². The molecule has 0 aliphatic carbocycles. The third-order valence-electron chi connectivity index (χ3n) is 2.63. The van der Waals surface area contributed by atoms with Gasteiger partial charge in [-0.25, -0.2) is 0 Å². The lowest BCUT2D eigenvalue weighted by molar-refractivity contribution is 0.294. The molecule has 3 heteroatoms. The van der Waals surface area contributed by atoms with E-state index in [1.165, 1.54) is 36.4 Å². The fraction of sp³-hybridized carbons (Fsp3) is 0.417. The van der Waals surface area contributed by atoms with Crippen LogP contribution in [0, 0.1) is 5.41 Å². The van der Waals surface area contributed by atoms with Crippen LogP contribution in [0.25, 0.3) is 0 Å². The Morgan fingerprint density at radius 2 is 2.13 bits per heavy atom. The Kier molecular flexibility index (Phi) is 3.80. The van der Waals surface area contributed by atoms with Crippen LogP contribution in [-0.2, 0) is 6.54 Å². The lowest BCUT2D eigenvalue weighted by Gasteiger charge is -2.26. The molecule has 15 heavy (non-hydrogen) atoms. The minimum absolute atomic E-state index is 0.999. The van der Waals surface area contributed by atoms with Crippen molar-refractivity contribution in [2.24, 2.45) is 0 Å². The topological polar surface area (TPSA) is 27.1 Å². The monoisotopic (exact) mass is 220 g/mol. The summed E-state index contributed by atoms with van der Waals surface area (Å²) in [4.78, 5) is 2.49. The average Bonchev–Trinajstić information content (AvgIpc) is 2.31. The summed E-state index contributed by atoms with van der Waals surface area (Å²) < 4.78 is 0. The second-order valence-electron chi connectivity index (χ2n) is 3.78. The van der Waals surface area contributed by atoms with E-state index in [0.717, 1.165) is 12.1 Å². The number of hydrogen-bond donors (Lipinski definition) is 1. The molecule has 1 N–H and O–H groups in total. The Morgan fingerprint density at radius 1 is 1.33 bits per heavy atom. The summed E-state index contributed by atoms with van der Waals surface area (Å²) in [6.07, 6.45) is 1.41. The van der Waals surface area contributed by atoms with E-state index in [0.29, 0.717) is 0 Å². The van der Waals surface area contributed by atoms with Gasteiger partial charge in [-0.15, -0.1) is 0 Å². The van der Waals surface area contributed by atoms with E-state index in [9.17, 15) is 0 Å². The van der Waals surface area contributed by atoms with Gasteiger partial charge < -0.3 is 5.41 Å². The van der Waals surface area contributed by atoms with Crippen LogP contribution in [0.3, 0.4) is 0 Å². The van der Waals surface area contributed by atoms with Gasteiger partial charge in [-0.2, -0.15) is 11.8 Å². The number of benzene rings is 1. The number of nitrogens with zero attached hydrogens (tertiary/aromatic N) is 1. The van der Waals surface area contributed by atoms with E-state index in [4.69, 9.17) is 5.41 Å². The number of hydrogen-bond acceptors (Lipinski definition) is 3. The van der Waals surface area contributed by atoms with Crippen LogP contribution in [0.4, 0.5) is 0 Å². The standard InChI is InChI=1S/C12H16N2S/c13-9-11-2-1-3-12(8-11)10-14-4-6-15-7-5-14/h1-3,8-9,13H,4-7,10H2. The molecular formula is C12H16N2S. The highest BCUT2D eigenvalue weighted by molar-refractivity contribution is 7.99. The summed E-state index contributed by atoms with van der Waals surface area (Å²) in [5.74, 6) is 2.51. The molecule has 1 aliphatic heterocycles. The largest absolute Gasteiger partial charge is 0.308 e. The molecule has 0 amide bonds. The van der Waals surface area contributed by atoms with Gasteiger partial charge in [0.2, 0.25) is 0 Å². The third-order valence-corrected chi connectivity index (χ3v) is 3.57. The molecule has 2 nitrogen and oxygen atoms in total. The molecular weight excluding hydrogens is 204 g/mol. The van der Waals surface area contributed by atoms with Crippen LogP contribution in [-0.4, -0.2) is 35.7 Å². The fourth-order valence-electron chi connectivity index (χ4n) is 1.80. The minimum atomic E-state index is 0.999. The smallest absolute Gasteiger partial charge is 0.0250 e. The molecule has 0 radical (unpaired) electrons. The van der Waals surface area contributed by atoms with Crippen molar-refractivity contribution in [3.63, 3.8) is 0 Å². The molecule has 2 rings (SSSR count). The number of rotatable bonds is 3. The van der Waals surface area contributed by atoms with Crippen LogP contribution >= 0.6 is 11.8 Å². The lowest BCUT2D eigenvalue weighted by Crippen LogP contribution is -2.31. The highest BCUT2D eigenvalue weighted by Crippen LogP contribution is 2.13. The summed E-state index contributed by atoms with van der Waals surface area (Å²) in [6, 6.07) is 8.26. The van der Waals surface area contributed by atoms with Gasteiger partial charge in [0.1, 0.15) is 0 Å². The molecule has 1 aliphatic rings. The Morgan fingerprint density at radius 3 is 2.87 bits per heavy atom. The first-order valence-electron chi connectivity index (χ1n) is 5.28. The van der Waals surface area contributed by atoms with Gasteiger partial charge in [0, 0.05) is 37.4 Å². The van der Waals surface area contributed by atoms with Crippen molar-refractivity contribution >= 4 is 18.0 Å². The molecule has 1 saturated heterocycles. The quantitative estimate of drug-likeness (QED) is 0.791. The summed E-state index contributed by atoms with van der Waals surface area (Å²) in [5, 5.41) is 7.22. The Labute approximate surface area is 95.2 Å². The molecule has 1 aromatic rings. The predicted octanol–water partition coefficient (Wildman–Crippen LogP) is 2.23. The molecule has 0 saturated carbocycles. The normalized spacial score (nSPS) is 17.6. The molecule has 0 atom stereocenters. The molecule has 1 fully saturated rings. The summed E-state index contributed by atoms with van der Waals surface area (Å²) >= 11 is 2.04. The molecule has 0 bridgehead atoms. The van der Waals surface area contributed by atoms with Crippen LogP contribution < -0.4 is 0 Å². The SMILES string of the molecule is N=Cc1cccc(CN2CCSCC2)c1. The zero-order valence-corrected chi connectivity index (χ0v) is 9.59. The third kappa shape index (κ3) is 3.08. The predicted molar refractivity (Wildman–Crippen MR) is 66.9 cm³/mol. The van der Waals surface area contributed by atoms with Crippen molar-refractivity contribution in [2.45, 2.75) is 6.54 Å². The van der Waals surface area contributed by atoms with Gasteiger partial charge in [0.25, 0.3) is 0 Å². The highest BCUT2D eigenvalue weighted by atomic mass is 32.2. The van der Waals surface area contributed by atoms with Gasteiger partial charge in [-0.1, -0.05) is 18.2 Å². The van der Waals surface area contributed by atoms with Crippen LogP contribution in [0.15, 0.2) is 24.3 Å². The number of thioether (sulfide) groups is 1. The summed E-state index contributed by atoms with van der Waals surface area (Å²) in [5.41, 5.74) is 2.32. The van der Waals surface area contributed by atoms with Gasteiger partial charge in [-0.3, -0.25) is 4.90 Å². The van der Waals surface area contributed by atoms with Crippen molar-refractivity contribution < 1.29 is 0 Å². The summed E-state index contributed by atoms with van der Waals surface area (Å²) in [7, 11) is 0. The maximum atomic E-state index is 7.22. The zero-order valence-electron chi connectivity index (χ0n) is 8.78. The molecule has 0 spiro atoms. The van der Waals surface area contributed by atoms with Crippen LogP contribution in [0.5, 0.6) is 0 Å². The van der Waals surface area contributed by atoms with Gasteiger partial charge in [0.15, 0.2) is 0 Å². The van der Waals surface area contributed by atoms with Crippen molar-refractivity contribution in [3.8, 4) is 0 Å². The Bertz CT molecular complexity index is 332. The fourth-order valence-corrected chi connectivity index (χ4v) is 2.78.